The molecule has 15 heavy (non-hydrogen) atoms. The van der Waals surface area contributed by atoms with Gasteiger partial charge in [0.25, 0.3) is 0 Å². The number of thioether (sulfide) groups is 1. The highest BCUT2D eigenvalue weighted by molar-refractivity contribution is 7.99. The van der Waals surface area contributed by atoms with Crippen molar-refractivity contribution in [1.29, 1.82) is 0 Å². The summed E-state index contributed by atoms with van der Waals surface area (Å²) in [6, 6.07) is 0.837. The number of rotatable bonds is 3. The third kappa shape index (κ3) is 3.99. The average molecular weight is 227 g/mol. The van der Waals surface area contributed by atoms with Crippen LogP contribution in [0.15, 0.2) is 0 Å². The smallest absolute Gasteiger partial charge is 0.00828 e. The van der Waals surface area contributed by atoms with Gasteiger partial charge >= 0.3 is 0 Å². The largest absolute Gasteiger partial charge is 0.314 e. The van der Waals surface area contributed by atoms with Crippen molar-refractivity contribution in [2.45, 2.75) is 51.5 Å². The Labute approximate surface area is 98.8 Å². The Bertz CT molecular complexity index is 177. The Morgan fingerprint density at radius 2 is 1.93 bits per heavy atom. The molecule has 2 aliphatic rings. The standard InChI is InChI=1S/C13H25NS/c1-11-3-2-4-12(9-11)10-14-13-5-7-15-8-6-13/h11-14H,2-10H2,1H3. The molecule has 0 aromatic heterocycles. The highest BCUT2D eigenvalue weighted by Gasteiger charge is 2.20. The fourth-order valence-electron chi connectivity index (χ4n) is 2.98. The normalized spacial score (nSPS) is 34.2. The maximum atomic E-state index is 3.80. The Hall–Kier alpha value is 0.310. The van der Waals surface area contributed by atoms with E-state index in [-0.39, 0.29) is 0 Å². The summed E-state index contributed by atoms with van der Waals surface area (Å²) in [7, 11) is 0. The predicted molar refractivity (Wildman–Crippen MR) is 69.5 cm³/mol. The third-order valence-electron chi connectivity index (χ3n) is 3.96. The van der Waals surface area contributed by atoms with Crippen LogP contribution in [0.1, 0.15) is 45.4 Å². The van der Waals surface area contributed by atoms with E-state index in [1.54, 1.807) is 0 Å². The van der Waals surface area contributed by atoms with Crippen molar-refractivity contribution in [2.24, 2.45) is 11.8 Å². The zero-order valence-electron chi connectivity index (χ0n) is 10.0. The molecule has 1 nitrogen and oxygen atoms in total. The van der Waals surface area contributed by atoms with Gasteiger partial charge in [-0.2, -0.15) is 11.8 Å². The second-order valence-corrected chi connectivity index (χ2v) is 6.66. The number of hydrogen-bond acceptors (Lipinski definition) is 2. The lowest BCUT2D eigenvalue weighted by molar-refractivity contribution is 0.264. The molecule has 1 aliphatic carbocycles. The summed E-state index contributed by atoms with van der Waals surface area (Å²) in [4.78, 5) is 0. The molecule has 0 aromatic rings. The molecule has 0 radical (unpaired) electrons. The fraction of sp³-hybridized carbons (Fsp3) is 1.00. The molecule has 2 rings (SSSR count). The van der Waals surface area contributed by atoms with Gasteiger partial charge in [-0.3, -0.25) is 0 Å². The van der Waals surface area contributed by atoms with Gasteiger partial charge in [0.1, 0.15) is 0 Å². The molecule has 0 aromatic carbocycles. The van der Waals surface area contributed by atoms with Gasteiger partial charge in [-0.1, -0.05) is 19.8 Å². The highest BCUT2D eigenvalue weighted by Crippen LogP contribution is 2.28. The van der Waals surface area contributed by atoms with Crippen LogP contribution in [0.4, 0.5) is 0 Å². The van der Waals surface area contributed by atoms with Gasteiger partial charge in [-0.15, -0.1) is 0 Å². The quantitative estimate of drug-likeness (QED) is 0.794. The summed E-state index contributed by atoms with van der Waals surface area (Å²) < 4.78 is 0. The van der Waals surface area contributed by atoms with E-state index in [0.717, 1.165) is 17.9 Å². The minimum atomic E-state index is 0.837. The predicted octanol–water partition coefficient (Wildman–Crippen LogP) is 3.30. The lowest BCUT2D eigenvalue weighted by Gasteiger charge is -2.30. The molecule has 2 unspecified atom stereocenters. The van der Waals surface area contributed by atoms with E-state index < -0.39 is 0 Å². The van der Waals surface area contributed by atoms with Crippen molar-refractivity contribution < 1.29 is 0 Å². The van der Waals surface area contributed by atoms with E-state index >= 15 is 0 Å². The van der Waals surface area contributed by atoms with Gasteiger partial charge in [-0.25, -0.2) is 0 Å². The molecule has 1 aliphatic heterocycles. The van der Waals surface area contributed by atoms with Crippen LogP contribution in [0.2, 0.25) is 0 Å². The van der Waals surface area contributed by atoms with E-state index in [1.807, 2.05) is 0 Å². The van der Waals surface area contributed by atoms with E-state index in [1.165, 1.54) is 56.6 Å². The Kier molecular flexibility index (Phi) is 4.83. The van der Waals surface area contributed by atoms with Gasteiger partial charge in [0.2, 0.25) is 0 Å². The third-order valence-corrected chi connectivity index (χ3v) is 5.01. The van der Waals surface area contributed by atoms with Gasteiger partial charge < -0.3 is 5.32 Å². The topological polar surface area (TPSA) is 12.0 Å². The van der Waals surface area contributed by atoms with Crippen molar-refractivity contribution >= 4 is 11.8 Å². The first-order valence-corrected chi connectivity index (χ1v) is 7.81. The minimum Gasteiger partial charge on any atom is -0.314 e. The van der Waals surface area contributed by atoms with Crippen molar-refractivity contribution in [2.75, 3.05) is 18.1 Å². The summed E-state index contributed by atoms with van der Waals surface area (Å²) >= 11 is 2.12. The van der Waals surface area contributed by atoms with Crippen molar-refractivity contribution in [1.82, 2.24) is 5.32 Å². The molecule has 1 saturated carbocycles. The first-order valence-electron chi connectivity index (χ1n) is 6.65. The SMILES string of the molecule is CC1CCCC(CNC2CCSCC2)C1. The zero-order valence-corrected chi connectivity index (χ0v) is 10.8. The summed E-state index contributed by atoms with van der Waals surface area (Å²) in [5, 5.41) is 3.80. The first-order chi connectivity index (χ1) is 7.34. The molecule has 0 amide bonds. The first kappa shape index (κ1) is 11.8. The van der Waals surface area contributed by atoms with Crippen LogP contribution in [0.3, 0.4) is 0 Å². The lowest BCUT2D eigenvalue weighted by atomic mass is 9.82. The van der Waals surface area contributed by atoms with Crippen molar-refractivity contribution in [3.63, 3.8) is 0 Å². The monoisotopic (exact) mass is 227 g/mol. The van der Waals surface area contributed by atoms with Crippen molar-refractivity contribution in [3.05, 3.63) is 0 Å². The summed E-state index contributed by atoms with van der Waals surface area (Å²) in [5.74, 6) is 4.70. The maximum absolute atomic E-state index is 3.80. The van der Waals surface area contributed by atoms with Gasteiger partial charge in [0, 0.05) is 6.04 Å². The second-order valence-electron chi connectivity index (χ2n) is 5.43. The van der Waals surface area contributed by atoms with Gasteiger partial charge in [0.15, 0.2) is 0 Å². The molecule has 2 heteroatoms. The molecule has 0 spiro atoms. The molecule has 1 N–H and O–H groups in total. The van der Waals surface area contributed by atoms with Crippen LogP contribution in [0.25, 0.3) is 0 Å². The van der Waals surface area contributed by atoms with Crippen LogP contribution in [-0.4, -0.2) is 24.1 Å². The Morgan fingerprint density at radius 1 is 1.13 bits per heavy atom. The molecule has 88 valence electrons. The van der Waals surface area contributed by atoms with Crippen LogP contribution in [0, 0.1) is 11.8 Å². The van der Waals surface area contributed by atoms with Gasteiger partial charge in [-0.05, 0) is 55.6 Å². The van der Waals surface area contributed by atoms with Crippen LogP contribution in [0.5, 0.6) is 0 Å². The summed E-state index contributed by atoms with van der Waals surface area (Å²) in [6.07, 6.45) is 8.66. The van der Waals surface area contributed by atoms with Crippen LogP contribution < -0.4 is 5.32 Å². The van der Waals surface area contributed by atoms with Crippen LogP contribution in [-0.2, 0) is 0 Å². The highest BCUT2D eigenvalue weighted by atomic mass is 32.2. The molecular weight excluding hydrogens is 202 g/mol. The number of hydrogen-bond donors (Lipinski definition) is 1. The van der Waals surface area contributed by atoms with E-state index in [2.05, 4.69) is 24.0 Å². The van der Waals surface area contributed by atoms with E-state index in [0.29, 0.717) is 0 Å². The maximum Gasteiger partial charge on any atom is 0.00828 e. The van der Waals surface area contributed by atoms with E-state index in [4.69, 9.17) is 0 Å². The minimum absolute atomic E-state index is 0.837. The molecule has 0 bridgehead atoms. The van der Waals surface area contributed by atoms with Crippen molar-refractivity contribution in [3.8, 4) is 0 Å². The fourth-order valence-corrected chi connectivity index (χ4v) is 4.09. The lowest BCUT2D eigenvalue weighted by Crippen LogP contribution is -2.37. The summed E-state index contributed by atoms with van der Waals surface area (Å²) in [6.45, 7) is 3.71. The summed E-state index contributed by atoms with van der Waals surface area (Å²) in [5.41, 5.74) is 0. The molecular formula is C13H25NS. The van der Waals surface area contributed by atoms with Gasteiger partial charge in [0.05, 0.1) is 0 Å². The van der Waals surface area contributed by atoms with Crippen LogP contribution >= 0.6 is 11.8 Å². The van der Waals surface area contributed by atoms with E-state index in [9.17, 15) is 0 Å². The molecule has 1 heterocycles. The molecule has 1 saturated heterocycles. The molecule has 2 fully saturated rings. The Balaban J connectivity index is 1.63. The second kappa shape index (κ2) is 6.15. The number of nitrogens with one attached hydrogen (secondary N) is 1. The molecule has 2 atom stereocenters. The Morgan fingerprint density at radius 3 is 2.67 bits per heavy atom. The zero-order chi connectivity index (χ0) is 10.5. The average Bonchev–Trinajstić information content (AvgIpc) is 2.28.